The fourth-order valence-electron chi connectivity index (χ4n) is 3.83. The quantitative estimate of drug-likeness (QED) is 0.449. The zero-order chi connectivity index (χ0) is 23.0. The van der Waals surface area contributed by atoms with Crippen molar-refractivity contribution in [1.29, 1.82) is 0 Å². The second-order valence-electron chi connectivity index (χ2n) is 7.97. The number of hydrogen-bond donors (Lipinski definition) is 0. The Morgan fingerprint density at radius 3 is 2.28 bits per heavy atom. The lowest BCUT2D eigenvalue weighted by molar-refractivity contribution is 0.0742. The van der Waals surface area contributed by atoms with E-state index < -0.39 is 9.84 Å². The predicted octanol–water partition coefficient (Wildman–Crippen LogP) is 4.57. The summed E-state index contributed by atoms with van der Waals surface area (Å²) in [7, 11) is -1.51. The Morgan fingerprint density at radius 1 is 1.00 bits per heavy atom. The Labute approximate surface area is 188 Å². The van der Waals surface area contributed by atoms with E-state index in [1.165, 1.54) is 6.26 Å². The molecule has 32 heavy (non-hydrogen) atoms. The van der Waals surface area contributed by atoms with Gasteiger partial charge in [0.15, 0.2) is 9.84 Å². The molecule has 4 aromatic rings. The van der Waals surface area contributed by atoms with Crippen molar-refractivity contribution in [2.45, 2.75) is 24.8 Å². The van der Waals surface area contributed by atoms with E-state index in [4.69, 9.17) is 0 Å². The molecule has 1 aromatic heterocycles. The second kappa shape index (κ2) is 8.24. The van der Waals surface area contributed by atoms with Gasteiger partial charge in [-0.2, -0.15) is 0 Å². The molecule has 1 heterocycles. The fraction of sp³-hybridized carbons (Fsp3) is 0.200. The van der Waals surface area contributed by atoms with Gasteiger partial charge in [-0.25, -0.2) is 13.4 Å². The number of aryl methyl sites for hydroxylation is 1. The molecule has 1 atom stereocenters. The van der Waals surface area contributed by atoms with Gasteiger partial charge in [0.2, 0.25) is 0 Å². The number of benzene rings is 3. The lowest BCUT2D eigenvalue weighted by atomic mass is 10.1. The molecule has 0 bridgehead atoms. The number of para-hydroxylation sites is 1. The van der Waals surface area contributed by atoms with Gasteiger partial charge in [-0.3, -0.25) is 9.36 Å². The maximum absolute atomic E-state index is 13.2. The van der Waals surface area contributed by atoms with Gasteiger partial charge in [-0.05, 0) is 61.9 Å². The van der Waals surface area contributed by atoms with Crippen LogP contribution in [0, 0.1) is 6.92 Å². The summed E-state index contributed by atoms with van der Waals surface area (Å²) in [6.45, 7) is 3.86. The third kappa shape index (κ3) is 4.03. The first-order valence-electron chi connectivity index (χ1n) is 10.3. The Balaban J connectivity index is 1.62. The van der Waals surface area contributed by atoms with Crippen LogP contribution >= 0.6 is 0 Å². The zero-order valence-electron chi connectivity index (χ0n) is 18.5. The normalized spacial score (nSPS) is 12.6. The number of aromatic nitrogens is 2. The maximum Gasteiger partial charge on any atom is 0.254 e. The third-order valence-electron chi connectivity index (χ3n) is 5.78. The van der Waals surface area contributed by atoms with Crippen LogP contribution in [0.1, 0.15) is 34.7 Å². The molecule has 6 nitrogen and oxygen atoms in total. The van der Waals surface area contributed by atoms with Gasteiger partial charge < -0.3 is 4.90 Å². The van der Waals surface area contributed by atoms with Crippen molar-refractivity contribution in [1.82, 2.24) is 14.5 Å². The van der Waals surface area contributed by atoms with Gasteiger partial charge in [0.1, 0.15) is 5.82 Å². The van der Waals surface area contributed by atoms with Gasteiger partial charge in [0, 0.05) is 24.6 Å². The minimum absolute atomic E-state index is 0.126. The van der Waals surface area contributed by atoms with E-state index >= 15 is 0 Å². The highest BCUT2D eigenvalue weighted by atomic mass is 32.2. The molecule has 0 fully saturated rings. The average Bonchev–Trinajstić information content (AvgIpc) is 3.12. The number of imidazole rings is 1. The van der Waals surface area contributed by atoms with E-state index in [9.17, 15) is 13.2 Å². The number of amides is 1. The molecule has 0 saturated heterocycles. The van der Waals surface area contributed by atoms with Gasteiger partial charge in [0.05, 0.1) is 22.0 Å². The molecule has 4 rings (SSSR count). The molecular weight excluding hydrogens is 422 g/mol. The summed E-state index contributed by atoms with van der Waals surface area (Å²) in [5.74, 6) is 0.724. The number of rotatable bonds is 5. The van der Waals surface area contributed by atoms with Crippen LogP contribution < -0.4 is 0 Å². The molecule has 1 amide bonds. The first kappa shape index (κ1) is 21.8. The molecular formula is C25H25N3O3S. The van der Waals surface area contributed by atoms with Crippen LogP contribution in [0.4, 0.5) is 0 Å². The number of carbonyl (C=O) groups is 1. The smallest absolute Gasteiger partial charge is 0.254 e. The Hall–Kier alpha value is -3.45. The second-order valence-corrected chi connectivity index (χ2v) is 9.98. The minimum Gasteiger partial charge on any atom is -0.335 e. The first-order chi connectivity index (χ1) is 15.2. The summed E-state index contributed by atoms with van der Waals surface area (Å²) in [4.78, 5) is 19.8. The Morgan fingerprint density at radius 2 is 1.66 bits per heavy atom. The van der Waals surface area contributed by atoms with Crippen molar-refractivity contribution in [3.63, 3.8) is 0 Å². The van der Waals surface area contributed by atoms with Crippen molar-refractivity contribution in [3.05, 3.63) is 89.7 Å². The highest BCUT2D eigenvalue weighted by Gasteiger charge is 2.21. The van der Waals surface area contributed by atoms with Crippen LogP contribution in [0.2, 0.25) is 0 Å². The molecule has 0 spiro atoms. The van der Waals surface area contributed by atoms with E-state index in [1.54, 1.807) is 36.2 Å². The highest BCUT2D eigenvalue weighted by Crippen LogP contribution is 2.25. The van der Waals surface area contributed by atoms with Crippen molar-refractivity contribution < 1.29 is 13.2 Å². The summed E-state index contributed by atoms with van der Waals surface area (Å²) in [5, 5.41) is 0. The highest BCUT2D eigenvalue weighted by molar-refractivity contribution is 7.90. The number of fused-ring (bicyclic) bond motifs is 1. The van der Waals surface area contributed by atoms with E-state index in [1.807, 2.05) is 62.4 Å². The van der Waals surface area contributed by atoms with Crippen molar-refractivity contribution in [2.24, 2.45) is 0 Å². The lowest BCUT2D eigenvalue weighted by Crippen LogP contribution is -2.29. The predicted molar refractivity (Wildman–Crippen MR) is 126 cm³/mol. The van der Waals surface area contributed by atoms with Crippen LogP contribution in [0.15, 0.2) is 77.7 Å². The summed E-state index contributed by atoms with van der Waals surface area (Å²) in [6.07, 6.45) is 1.18. The monoisotopic (exact) mass is 447 g/mol. The van der Waals surface area contributed by atoms with E-state index in [0.29, 0.717) is 5.56 Å². The largest absolute Gasteiger partial charge is 0.335 e. The van der Waals surface area contributed by atoms with E-state index in [0.717, 1.165) is 28.1 Å². The van der Waals surface area contributed by atoms with E-state index in [2.05, 4.69) is 9.55 Å². The van der Waals surface area contributed by atoms with Crippen LogP contribution in [0.3, 0.4) is 0 Å². The fourth-order valence-corrected chi connectivity index (χ4v) is 4.46. The number of sulfone groups is 1. The zero-order valence-corrected chi connectivity index (χ0v) is 19.3. The van der Waals surface area contributed by atoms with Crippen molar-refractivity contribution >= 4 is 26.8 Å². The molecule has 0 aliphatic rings. The molecule has 0 N–H and O–H groups in total. The van der Waals surface area contributed by atoms with Crippen molar-refractivity contribution in [3.8, 4) is 5.69 Å². The van der Waals surface area contributed by atoms with Crippen LogP contribution in [-0.4, -0.2) is 42.1 Å². The summed E-state index contributed by atoms with van der Waals surface area (Å²) in [5.41, 5.74) is 4.14. The molecule has 164 valence electrons. The lowest BCUT2D eigenvalue weighted by Gasteiger charge is -2.25. The van der Waals surface area contributed by atoms with E-state index in [-0.39, 0.29) is 16.8 Å². The number of carbonyl (C=O) groups excluding carboxylic acids is 1. The van der Waals surface area contributed by atoms with Crippen LogP contribution in [-0.2, 0) is 9.84 Å². The van der Waals surface area contributed by atoms with Crippen LogP contribution in [0.5, 0.6) is 0 Å². The topological polar surface area (TPSA) is 72.3 Å². The third-order valence-corrected chi connectivity index (χ3v) is 6.90. The molecule has 0 saturated carbocycles. The maximum atomic E-state index is 13.2. The molecule has 0 aliphatic heterocycles. The SMILES string of the molecule is Cc1nc2cc(C(=O)N(C)[C@@H](C)c3ccc(S(C)(=O)=O)cc3)ccc2n1-c1ccccc1. The van der Waals surface area contributed by atoms with Gasteiger partial charge in [0.25, 0.3) is 5.91 Å². The minimum atomic E-state index is -3.26. The average molecular weight is 448 g/mol. The molecule has 0 aliphatic carbocycles. The molecule has 0 unspecified atom stereocenters. The standard InChI is InChI=1S/C25H25N3O3S/c1-17(19-10-13-22(14-11-19)32(4,30)31)27(3)25(29)20-12-15-24-23(16-20)26-18(2)28(24)21-8-6-5-7-9-21/h5-17H,1-4H3/t17-/m0/s1. The summed E-state index contributed by atoms with van der Waals surface area (Å²) in [6, 6.07) is 22.0. The van der Waals surface area contributed by atoms with Gasteiger partial charge in [-0.15, -0.1) is 0 Å². The number of hydrogen-bond acceptors (Lipinski definition) is 4. The van der Waals surface area contributed by atoms with Gasteiger partial charge >= 0.3 is 0 Å². The summed E-state index contributed by atoms with van der Waals surface area (Å²) < 4.78 is 25.5. The van der Waals surface area contributed by atoms with Gasteiger partial charge in [-0.1, -0.05) is 30.3 Å². The summed E-state index contributed by atoms with van der Waals surface area (Å²) >= 11 is 0. The Kier molecular flexibility index (Phi) is 5.60. The molecule has 7 heteroatoms. The molecule has 0 radical (unpaired) electrons. The number of nitrogens with zero attached hydrogens (tertiary/aromatic N) is 3. The first-order valence-corrected chi connectivity index (χ1v) is 12.2. The van der Waals surface area contributed by atoms with Crippen LogP contribution in [0.25, 0.3) is 16.7 Å². The van der Waals surface area contributed by atoms with Crippen molar-refractivity contribution in [2.75, 3.05) is 13.3 Å². The molecule has 3 aromatic carbocycles. The Bertz CT molecular complexity index is 1390.